The van der Waals surface area contributed by atoms with Gasteiger partial charge in [0.25, 0.3) is 0 Å². The first kappa shape index (κ1) is 12.2. The molecule has 0 aromatic carbocycles. The molecule has 1 amide bonds. The van der Waals surface area contributed by atoms with E-state index in [0.717, 1.165) is 12.8 Å². The van der Waals surface area contributed by atoms with Crippen LogP contribution in [0.5, 0.6) is 0 Å². The second-order valence-corrected chi connectivity index (χ2v) is 4.05. The minimum atomic E-state index is -0.122. The maximum atomic E-state index is 11.4. The standard InChI is InChI=1S/C11H21NO/c1-6-8-11(5,7-2)12-10(13)9(3)4/h6,9H,1,7-8H2,2-5H3,(H,12,13). The van der Waals surface area contributed by atoms with E-state index in [1.165, 1.54) is 0 Å². The van der Waals surface area contributed by atoms with Gasteiger partial charge in [0.1, 0.15) is 0 Å². The lowest BCUT2D eigenvalue weighted by molar-refractivity contribution is -0.125. The minimum absolute atomic E-state index is 0.0516. The lowest BCUT2D eigenvalue weighted by Crippen LogP contribution is -2.46. The molecule has 1 atom stereocenters. The van der Waals surface area contributed by atoms with Gasteiger partial charge in [-0.1, -0.05) is 26.8 Å². The van der Waals surface area contributed by atoms with Crippen LogP contribution in [0, 0.1) is 5.92 Å². The van der Waals surface area contributed by atoms with Crippen LogP contribution in [-0.4, -0.2) is 11.4 Å². The lowest BCUT2D eigenvalue weighted by Gasteiger charge is -2.29. The number of hydrogen-bond donors (Lipinski definition) is 1. The maximum Gasteiger partial charge on any atom is 0.222 e. The molecule has 0 heterocycles. The third kappa shape index (κ3) is 4.11. The average molecular weight is 183 g/mol. The summed E-state index contributed by atoms with van der Waals surface area (Å²) in [7, 11) is 0. The summed E-state index contributed by atoms with van der Waals surface area (Å²) in [5.41, 5.74) is -0.122. The molecule has 0 aliphatic carbocycles. The SMILES string of the molecule is C=CCC(C)(CC)NC(=O)C(C)C. The Morgan fingerprint density at radius 2 is 2.15 bits per heavy atom. The zero-order valence-electron chi connectivity index (χ0n) is 9.18. The molecule has 1 unspecified atom stereocenters. The van der Waals surface area contributed by atoms with Crippen molar-refractivity contribution in [1.29, 1.82) is 0 Å². The van der Waals surface area contributed by atoms with E-state index in [0.29, 0.717) is 0 Å². The molecule has 1 N–H and O–H groups in total. The van der Waals surface area contributed by atoms with Crippen molar-refractivity contribution in [2.75, 3.05) is 0 Å². The second kappa shape index (κ2) is 5.05. The Hall–Kier alpha value is -0.790. The highest BCUT2D eigenvalue weighted by Gasteiger charge is 2.23. The molecule has 0 fully saturated rings. The number of nitrogens with one attached hydrogen (secondary N) is 1. The average Bonchev–Trinajstić information content (AvgIpc) is 2.04. The quantitative estimate of drug-likeness (QED) is 0.652. The van der Waals surface area contributed by atoms with Gasteiger partial charge in [0.15, 0.2) is 0 Å². The van der Waals surface area contributed by atoms with Crippen molar-refractivity contribution in [3.63, 3.8) is 0 Å². The van der Waals surface area contributed by atoms with Crippen molar-refractivity contribution < 1.29 is 4.79 Å². The molecule has 2 nitrogen and oxygen atoms in total. The monoisotopic (exact) mass is 183 g/mol. The van der Waals surface area contributed by atoms with E-state index in [4.69, 9.17) is 0 Å². The van der Waals surface area contributed by atoms with Gasteiger partial charge in [-0.25, -0.2) is 0 Å². The Kier molecular flexibility index (Phi) is 4.74. The molecule has 0 aromatic rings. The summed E-state index contributed by atoms with van der Waals surface area (Å²) in [5.74, 6) is 0.168. The first-order valence-corrected chi connectivity index (χ1v) is 4.88. The van der Waals surface area contributed by atoms with Crippen LogP contribution in [0.25, 0.3) is 0 Å². The number of hydrogen-bond acceptors (Lipinski definition) is 1. The van der Waals surface area contributed by atoms with Crippen LogP contribution in [0.2, 0.25) is 0 Å². The van der Waals surface area contributed by atoms with Gasteiger partial charge in [0, 0.05) is 11.5 Å². The number of carbonyl (C=O) groups is 1. The van der Waals surface area contributed by atoms with Gasteiger partial charge in [0.05, 0.1) is 0 Å². The number of carbonyl (C=O) groups excluding carboxylic acids is 1. The second-order valence-electron chi connectivity index (χ2n) is 4.05. The zero-order chi connectivity index (χ0) is 10.5. The Morgan fingerprint density at radius 3 is 2.46 bits per heavy atom. The van der Waals surface area contributed by atoms with E-state index in [1.54, 1.807) is 0 Å². The predicted molar refractivity (Wildman–Crippen MR) is 56.5 cm³/mol. The van der Waals surface area contributed by atoms with Gasteiger partial charge in [-0.3, -0.25) is 4.79 Å². The Bertz CT molecular complexity index is 187. The smallest absolute Gasteiger partial charge is 0.222 e. The highest BCUT2D eigenvalue weighted by Crippen LogP contribution is 2.15. The van der Waals surface area contributed by atoms with Crippen molar-refractivity contribution in [3.8, 4) is 0 Å². The molecular weight excluding hydrogens is 162 g/mol. The fraction of sp³-hybridized carbons (Fsp3) is 0.727. The molecule has 0 spiro atoms. The summed E-state index contributed by atoms with van der Waals surface area (Å²) in [6.45, 7) is 11.6. The molecule has 0 aliphatic heterocycles. The Labute approximate surface area is 81.4 Å². The Morgan fingerprint density at radius 1 is 1.62 bits per heavy atom. The van der Waals surface area contributed by atoms with Crippen LogP contribution < -0.4 is 5.32 Å². The molecule has 13 heavy (non-hydrogen) atoms. The molecular formula is C11H21NO. The topological polar surface area (TPSA) is 29.1 Å². The van der Waals surface area contributed by atoms with E-state index in [1.807, 2.05) is 19.9 Å². The van der Waals surface area contributed by atoms with Crippen LogP contribution in [0.15, 0.2) is 12.7 Å². The van der Waals surface area contributed by atoms with Gasteiger partial charge in [0.2, 0.25) is 5.91 Å². The van der Waals surface area contributed by atoms with Crippen molar-refractivity contribution in [2.45, 2.75) is 46.1 Å². The van der Waals surface area contributed by atoms with Crippen molar-refractivity contribution in [2.24, 2.45) is 5.92 Å². The van der Waals surface area contributed by atoms with Crippen molar-refractivity contribution >= 4 is 5.91 Å². The van der Waals surface area contributed by atoms with E-state index >= 15 is 0 Å². The fourth-order valence-corrected chi connectivity index (χ4v) is 1.04. The van der Waals surface area contributed by atoms with Crippen LogP contribution in [-0.2, 0) is 4.79 Å². The van der Waals surface area contributed by atoms with Gasteiger partial charge < -0.3 is 5.32 Å². The molecule has 0 saturated carbocycles. The van der Waals surface area contributed by atoms with E-state index < -0.39 is 0 Å². The largest absolute Gasteiger partial charge is 0.350 e. The highest BCUT2D eigenvalue weighted by atomic mass is 16.2. The Balaban J connectivity index is 4.26. The molecule has 0 bridgehead atoms. The minimum Gasteiger partial charge on any atom is -0.350 e. The van der Waals surface area contributed by atoms with Crippen LogP contribution in [0.3, 0.4) is 0 Å². The third-order valence-electron chi connectivity index (χ3n) is 2.32. The fourth-order valence-electron chi connectivity index (χ4n) is 1.04. The van der Waals surface area contributed by atoms with Crippen LogP contribution >= 0.6 is 0 Å². The van der Waals surface area contributed by atoms with Gasteiger partial charge in [-0.15, -0.1) is 6.58 Å². The molecule has 76 valence electrons. The first-order valence-electron chi connectivity index (χ1n) is 4.88. The van der Waals surface area contributed by atoms with E-state index in [9.17, 15) is 4.79 Å². The normalized spacial score (nSPS) is 15.2. The first-order chi connectivity index (χ1) is 5.95. The predicted octanol–water partition coefficient (Wildman–Crippen LogP) is 2.50. The number of rotatable bonds is 5. The summed E-state index contributed by atoms with van der Waals surface area (Å²) in [4.78, 5) is 11.4. The molecule has 0 rings (SSSR count). The van der Waals surface area contributed by atoms with Gasteiger partial charge in [-0.2, -0.15) is 0 Å². The van der Waals surface area contributed by atoms with Crippen molar-refractivity contribution in [3.05, 3.63) is 12.7 Å². The van der Waals surface area contributed by atoms with E-state index in [2.05, 4.69) is 25.7 Å². The summed E-state index contributed by atoms with van der Waals surface area (Å²) < 4.78 is 0. The highest BCUT2D eigenvalue weighted by molar-refractivity contribution is 5.78. The maximum absolute atomic E-state index is 11.4. The van der Waals surface area contributed by atoms with E-state index in [-0.39, 0.29) is 17.4 Å². The summed E-state index contributed by atoms with van der Waals surface area (Å²) in [6, 6.07) is 0. The summed E-state index contributed by atoms with van der Waals surface area (Å²) >= 11 is 0. The molecule has 2 heteroatoms. The third-order valence-corrected chi connectivity index (χ3v) is 2.32. The van der Waals surface area contributed by atoms with Crippen LogP contribution in [0.4, 0.5) is 0 Å². The summed E-state index contributed by atoms with van der Waals surface area (Å²) in [5, 5.41) is 3.03. The van der Waals surface area contributed by atoms with Gasteiger partial charge in [-0.05, 0) is 19.8 Å². The van der Waals surface area contributed by atoms with Gasteiger partial charge >= 0.3 is 0 Å². The van der Waals surface area contributed by atoms with Crippen LogP contribution in [0.1, 0.15) is 40.5 Å². The zero-order valence-corrected chi connectivity index (χ0v) is 9.18. The molecule has 0 saturated heterocycles. The molecule has 0 aliphatic rings. The van der Waals surface area contributed by atoms with Crippen molar-refractivity contribution in [1.82, 2.24) is 5.32 Å². The summed E-state index contributed by atoms with van der Waals surface area (Å²) in [6.07, 6.45) is 3.60. The number of amides is 1. The lowest BCUT2D eigenvalue weighted by atomic mass is 9.94. The molecule has 0 radical (unpaired) electrons. The molecule has 0 aromatic heterocycles.